The summed E-state index contributed by atoms with van der Waals surface area (Å²) in [5.41, 5.74) is 2.32. The average molecular weight is 296 g/mol. The van der Waals surface area contributed by atoms with Crippen molar-refractivity contribution in [2.45, 2.75) is 26.7 Å². The van der Waals surface area contributed by atoms with Crippen molar-refractivity contribution in [3.8, 4) is 11.3 Å². The van der Waals surface area contributed by atoms with E-state index in [1.165, 1.54) is 15.4 Å². The van der Waals surface area contributed by atoms with Gasteiger partial charge in [-0.25, -0.2) is 4.98 Å². The molecule has 0 spiro atoms. The Balaban J connectivity index is 2.44. The molecule has 0 aliphatic carbocycles. The second-order valence-corrected chi connectivity index (χ2v) is 6.27. The lowest BCUT2D eigenvalue weighted by Crippen LogP contribution is -1.85. The molecule has 16 heavy (non-hydrogen) atoms. The molecular weight excluding hydrogens is 282 g/mol. The highest BCUT2D eigenvalue weighted by molar-refractivity contribution is 9.10. The Morgan fingerprint density at radius 3 is 2.31 bits per heavy atom. The van der Waals surface area contributed by atoms with Gasteiger partial charge in [-0.3, -0.25) is 0 Å². The molecule has 84 valence electrons. The normalized spacial score (nSPS) is 11.1. The lowest BCUT2D eigenvalue weighted by Gasteiger charge is -1.99. The Morgan fingerprint density at radius 1 is 1.19 bits per heavy atom. The Kier molecular flexibility index (Phi) is 3.45. The summed E-state index contributed by atoms with van der Waals surface area (Å²) in [4.78, 5) is 6.01. The summed E-state index contributed by atoms with van der Waals surface area (Å²) in [5, 5.41) is 1.22. The highest BCUT2D eigenvalue weighted by Crippen LogP contribution is 2.31. The van der Waals surface area contributed by atoms with Crippen molar-refractivity contribution < 1.29 is 0 Å². The zero-order valence-corrected chi connectivity index (χ0v) is 12.0. The summed E-state index contributed by atoms with van der Waals surface area (Å²) in [7, 11) is 0. The molecule has 0 aliphatic heterocycles. The fourth-order valence-corrected chi connectivity index (χ4v) is 2.75. The summed E-state index contributed by atoms with van der Waals surface area (Å²) < 4.78 is 1.10. The maximum Gasteiger partial charge on any atom is 0.0960 e. The Bertz CT molecular complexity index is 485. The first kappa shape index (κ1) is 11.8. The van der Waals surface area contributed by atoms with Gasteiger partial charge in [-0.1, -0.05) is 41.9 Å². The number of aromatic nitrogens is 1. The van der Waals surface area contributed by atoms with E-state index < -0.39 is 0 Å². The van der Waals surface area contributed by atoms with Crippen LogP contribution in [0.4, 0.5) is 0 Å². The Hall–Kier alpha value is -0.670. The van der Waals surface area contributed by atoms with Crippen LogP contribution in [-0.4, -0.2) is 4.98 Å². The number of aryl methyl sites for hydroxylation is 1. The number of hydrogen-bond donors (Lipinski definition) is 0. The molecule has 1 aromatic heterocycles. The van der Waals surface area contributed by atoms with Crippen molar-refractivity contribution in [1.82, 2.24) is 4.98 Å². The molecule has 0 unspecified atom stereocenters. The summed E-state index contributed by atoms with van der Waals surface area (Å²) in [6, 6.07) is 8.33. The van der Waals surface area contributed by atoms with Gasteiger partial charge in [-0.2, -0.15) is 0 Å². The lowest BCUT2D eigenvalue weighted by atomic mass is 10.1. The van der Waals surface area contributed by atoms with E-state index in [1.807, 2.05) is 0 Å². The molecule has 3 heteroatoms. The smallest absolute Gasteiger partial charge is 0.0960 e. The molecule has 0 aliphatic rings. The minimum absolute atomic E-state index is 0.507. The molecule has 1 aromatic carbocycles. The SMILES string of the molecule is Cc1sc(C(C)C)nc1-c1ccc(Br)cc1. The van der Waals surface area contributed by atoms with Gasteiger partial charge in [0.1, 0.15) is 0 Å². The quantitative estimate of drug-likeness (QED) is 0.759. The average Bonchev–Trinajstić information content (AvgIpc) is 2.62. The molecule has 0 bridgehead atoms. The lowest BCUT2D eigenvalue weighted by molar-refractivity contribution is 0.853. The maximum atomic E-state index is 4.71. The van der Waals surface area contributed by atoms with Gasteiger partial charge in [0.05, 0.1) is 10.7 Å². The predicted octanol–water partition coefficient (Wildman–Crippen LogP) is 5.00. The minimum Gasteiger partial charge on any atom is -0.241 e. The number of hydrogen-bond acceptors (Lipinski definition) is 2. The third-order valence-electron chi connectivity index (χ3n) is 2.42. The second kappa shape index (κ2) is 4.68. The molecule has 2 rings (SSSR count). The summed E-state index contributed by atoms with van der Waals surface area (Å²) in [5.74, 6) is 0.507. The van der Waals surface area contributed by atoms with Crippen LogP contribution in [0.3, 0.4) is 0 Å². The van der Waals surface area contributed by atoms with Crippen LogP contribution in [0.25, 0.3) is 11.3 Å². The number of thiazole rings is 1. The van der Waals surface area contributed by atoms with E-state index in [0.29, 0.717) is 5.92 Å². The zero-order valence-electron chi connectivity index (χ0n) is 9.62. The molecular formula is C13H14BrNS. The van der Waals surface area contributed by atoms with Gasteiger partial charge in [0, 0.05) is 20.8 Å². The van der Waals surface area contributed by atoms with Crippen molar-refractivity contribution in [2.75, 3.05) is 0 Å². The second-order valence-electron chi connectivity index (χ2n) is 4.12. The third-order valence-corrected chi connectivity index (χ3v) is 4.22. The first-order valence-electron chi connectivity index (χ1n) is 5.31. The summed E-state index contributed by atoms with van der Waals surface area (Å²) in [6.45, 7) is 6.51. The van der Waals surface area contributed by atoms with Crippen LogP contribution in [0.1, 0.15) is 29.7 Å². The van der Waals surface area contributed by atoms with E-state index >= 15 is 0 Å². The Morgan fingerprint density at radius 2 is 1.81 bits per heavy atom. The molecule has 0 amide bonds. The van der Waals surface area contributed by atoms with Crippen LogP contribution in [0.5, 0.6) is 0 Å². The van der Waals surface area contributed by atoms with Crippen LogP contribution in [0.2, 0.25) is 0 Å². The van der Waals surface area contributed by atoms with E-state index in [2.05, 4.69) is 61.0 Å². The van der Waals surface area contributed by atoms with Crippen molar-refractivity contribution in [3.63, 3.8) is 0 Å². The molecule has 1 nitrogen and oxygen atoms in total. The topological polar surface area (TPSA) is 12.9 Å². The van der Waals surface area contributed by atoms with Crippen LogP contribution in [0.15, 0.2) is 28.7 Å². The fourth-order valence-electron chi connectivity index (χ4n) is 1.54. The molecule has 1 heterocycles. The number of halogens is 1. The molecule has 2 aromatic rings. The largest absolute Gasteiger partial charge is 0.241 e. The number of nitrogens with zero attached hydrogens (tertiary/aromatic N) is 1. The third kappa shape index (κ3) is 2.36. The number of rotatable bonds is 2. The maximum absolute atomic E-state index is 4.71. The van der Waals surface area contributed by atoms with Gasteiger partial charge in [-0.05, 0) is 19.1 Å². The predicted molar refractivity (Wildman–Crippen MR) is 74.1 cm³/mol. The molecule has 0 radical (unpaired) electrons. The summed E-state index contributed by atoms with van der Waals surface area (Å²) >= 11 is 5.25. The van der Waals surface area contributed by atoms with E-state index in [9.17, 15) is 0 Å². The minimum atomic E-state index is 0.507. The van der Waals surface area contributed by atoms with Gasteiger partial charge in [0.25, 0.3) is 0 Å². The standard InChI is InChI=1S/C13H14BrNS/c1-8(2)13-15-12(9(3)16-13)10-4-6-11(14)7-5-10/h4-8H,1-3H3. The monoisotopic (exact) mass is 295 g/mol. The van der Waals surface area contributed by atoms with Gasteiger partial charge >= 0.3 is 0 Å². The highest BCUT2D eigenvalue weighted by Gasteiger charge is 2.11. The van der Waals surface area contributed by atoms with E-state index in [1.54, 1.807) is 11.3 Å². The van der Waals surface area contributed by atoms with Gasteiger partial charge in [-0.15, -0.1) is 11.3 Å². The van der Waals surface area contributed by atoms with Crippen LogP contribution >= 0.6 is 27.3 Å². The number of benzene rings is 1. The van der Waals surface area contributed by atoms with Gasteiger partial charge in [0.2, 0.25) is 0 Å². The highest BCUT2D eigenvalue weighted by atomic mass is 79.9. The van der Waals surface area contributed by atoms with E-state index in [4.69, 9.17) is 4.98 Å². The van der Waals surface area contributed by atoms with Crippen molar-refractivity contribution in [1.29, 1.82) is 0 Å². The molecule has 0 saturated heterocycles. The summed E-state index contributed by atoms with van der Waals surface area (Å²) in [6.07, 6.45) is 0. The first-order chi connectivity index (χ1) is 7.58. The van der Waals surface area contributed by atoms with Crippen LogP contribution < -0.4 is 0 Å². The van der Waals surface area contributed by atoms with E-state index in [0.717, 1.165) is 10.2 Å². The fraction of sp³-hybridized carbons (Fsp3) is 0.308. The van der Waals surface area contributed by atoms with Crippen molar-refractivity contribution in [2.24, 2.45) is 0 Å². The molecule has 0 N–H and O–H groups in total. The molecule has 0 saturated carbocycles. The van der Waals surface area contributed by atoms with Crippen LogP contribution in [0, 0.1) is 6.92 Å². The molecule has 0 fully saturated rings. The van der Waals surface area contributed by atoms with Crippen molar-refractivity contribution in [3.05, 3.63) is 38.6 Å². The van der Waals surface area contributed by atoms with Gasteiger partial charge < -0.3 is 0 Å². The molecule has 0 atom stereocenters. The Labute approximate surface area is 109 Å². The van der Waals surface area contributed by atoms with E-state index in [-0.39, 0.29) is 0 Å². The zero-order chi connectivity index (χ0) is 11.7. The first-order valence-corrected chi connectivity index (χ1v) is 6.92. The van der Waals surface area contributed by atoms with Crippen molar-refractivity contribution >= 4 is 27.3 Å². The van der Waals surface area contributed by atoms with Gasteiger partial charge in [0.15, 0.2) is 0 Å². The van der Waals surface area contributed by atoms with Crippen LogP contribution in [-0.2, 0) is 0 Å².